The fraction of sp³-hybridized carbons (Fsp3) is 0.316. The summed E-state index contributed by atoms with van der Waals surface area (Å²) in [5, 5.41) is 2.53. The van der Waals surface area contributed by atoms with E-state index >= 15 is 0 Å². The van der Waals surface area contributed by atoms with E-state index in [1.807, 2.05) is 6.07 Å². The summed E-state index contributed by atoms with van der Waals surface area (Å²) in [6, 6.07) is 6.98. The molecule has 0 unspecified atom stereocenters. The first-order chi connectivity index (χ1) is 12.3. The van der Waals surface area contributed by atoms with Crippen LogP contribution in [0, 0.1) is 17.6 Å². The molecule has 138 valence electrons. The highest BCUT2D eigenvalue weighted by Gasteiger charge is 2.23. The summed E-state index contributed by atoms with van der Waals surface area (Å²) >= 11 is 3.09. The van der Waals surface area contributed by atoms with Crippen molar-refractivity contribution in [1.29, 1.82) is 0 Å². The zero-order valence-corrected chi connectivity index (χ0v) is 15.9. The zero-order chi connectivity index (χ0) is 18.8. The van der Waals surface area contributed by atoms with E-state index in [-0.39, 0.29) is 10.2 Å². The van der Waals surface area contributed by atoms with Gasteiger partial charge in [-0.15, -0.1) is 0 Å². The largest absolute Gasteiger partial charge is 0.399 e. The van der Waals surface area contributed by atoms with Crippen LogP contribution in [0.3, 0.4) is 0 Å². The summed E-state index contributed by atoms with van der Waals surface area (Å²) in [6.07, 6.45) is 2.20. The number of hydrogen-bond donors (Lipinski definition) is 2. The van der Waals surface area contributed by atoms with Gasteiger partial charge in [0, 0.05) is 35.0 Å². The molecule has 1 aliphatic rings. The molecule has 0 bridgehead atoms. The van der Waals surface area contributed by atoms with Gasteiger partial charge in [0.2, 0.25) is 0 Å². The smallest absolute Gasteiger partial charge is 0.257 e. The third-order valence-electron chi connectivity index (χ3n) is 4.51. The van der Waals surface area contributed by atoms with Gasteiger partial charge in [0.05, 0.1) is 11.3 Å². The lowest BCUT2D eigenvalue weighted by Crippen LogP contribution is -2.35. The molecule has 7 heteroatoms. The molecule has 3 N–H and O–H groups in total. The Balaban J connectivity index is 1.93. The van der Waals surface area contributed by atoms with E-state index in [4.69, 9.17) is 5.73 Å². The van der Waals surface area contributed by atoms with Crippen molar-refractivity contribution >= 4 is 38.9 Å². The van der Waals surface area contributed by atoms with Crippen molar-refractivity contribution in [3.05, 3.63) is 52.0 Å². The molecule has 2 aromatic carbocycles. The minimum atomic E-state index is -0.845. The number of nitrogens with one attached hydrogen (secondary N) is 1. The highest BCUT2D eigenvalue weighted by atomic mass is 79.9. The van der Waals surface area contributed by atoms with Gasteiger partial charge in [-0.3, -0.25) is 4.79 Å². The molecule has 26 heavy (non-hydrogen) atoms. The molecule has 0 radical (unpaired) electrons. The van der Waals surface area contributed by atoms with E-state index in [0.29, 0.717) is 17.2 Å². The number of nitrogen functional groups attached to an aromatic ring is 1. The number of anilines is 3. The van der Waals surface area contributed by atoms with Crippen LogP contribution in [0.4, 0.5) is 25.8 Å². The fourth-order valence-electron chi connectivity index (χ4n) is 3.26. The number of halogens is 3. The zero-order valence-electron chi connectivity index (χ0n) is 14.4. The Hall–Kier alpha value is -2.15. The summed E-state index contributed by atoms with van der Waals surface area (Å²) in [7, 11) is 0. The van der Waals surface area contributed by atoms with Crippen LogP contribution in [0.2, 0.25) is 0 Å². The van der Waals surface area contributed by atoms with E-state index in [0.717, 1.165) is 43.8 Å². The molecule has 1 amide bonds. The van der Waals surface area contributed by atoms with Gasteiger partial charge in [-0.25, -0.2) is 8.78 Å². The molecule has 3 rings (SSSR count). The number of carbonyl (C=O) groups excluding carboxylic acids is 1. The van der Waals surface area contributed by atoms with Crippen LogP contribution in [0.25, 0.3) is 0 Å². The number of rotatable bonds is 3. The van der Waals surface area contributed by atoms with Crippen molar-refractivity contribution in [2.75, 3.05) is 29.0 Å². The SMILES string of the molecule is C[C@@H]1CCCN(c2ccc(N)cc2C(=O)Nc2c(F)cc(F)cc2Br)C1. The number of carbonyl (C=O) groups is 1. The van der Waals surface area contributed by atoms with E-state index in [2.05, 4.69) is 33.1 Å². The Morgan fingerprint density at radius 3 is 2.77 bits per heavy atom. The Morgan fingerprint density at radius 1 is 1.31 bits per heavy atom. The number of amides is 1. The van der Waals surface area contributed by atoms with Crippen molar-refractivity contribution in [2.24, 2.45) is 5.92 Å². The van der Waals surface area contributed by atoms with Gasteiger partial charge < -0.3 is 16.0 Å². The minimum Gasteiger partial charge on any atom is -0.399 e. The minimum absolute atomic E-state index is 0.100. The Kier molecular flexibility index (Phi) is 5.46. The number of nitrogens with two attached hydrogens (primary N) is 1. The fourth-order valence-corrected chi connectivity index (χ4v) is 3.77. The maximum atomic E-state index is 14.1. The van der Waals surface area contributed by atoms with Crippen LogP contribution < -0.4 is 16.0 Å². The second kappa shape index (κ2) is 7.61. The van der Waals surface area contributed by atoms with Crippen LogP contribution >= 0.6 is 15.9 Å². The van der Waals surface area contributed by atoms with Gasteiger partial charge in [0.15, 0.2) is 5.82 Å². The van der Waals surface area contributed by atoms with Crippen molar-refractivity contribution < 1.29 is 13.6 Å². The van der Waals surface area contributed by atoms with E-state index in [1.54, 1.807) is 12.1 Å². The first-order valence-electron chi connectivity index (χ1n) is 8.45. The average molecular weight is 424 g/mol. The van der Waals surface area contributed by atoms with Crippen LogP contribution in [0.1, 0.15) is 30.1 Å². The first-order valence-corrected chi connectivity index (χ1v) is 9.25. The second-order valence-corrected chi connectivity index (χ2v) is 7.52. The Bertz CT molecular complexity index is 821. The summed E-state index contributed by atoms with van der Waals surface area (Å²) in [6.45, 7) is 3.87. The topological polar surface area (TPSA) is 58.4 Å². The molecule has 1 aliphatic heterocycles. The maximum Gasteiger partial charge on any atom is 0.257 e. The molecule has 0 aromatic heterocycles. The highest BCUT2D eigenvalue weighted by molar-refractivity contribution is 9.10. The molecule has 1 heterocycles. The number of nitrogens with zero attached hydrogens (tertiary/aromatic N) is 1. The predicted molar refractivity (Wildman–Crippen MR) is 103 cm³/mol. The summed E-state index contributed by atoms with van der Waals surface area (Å²) < 4.78 is 27.5. The average Bonchev–Trinajstić information content (AvgIpc) is 2.57. The molecule has 0 aliphatic carbocycles. The number of benzene rings is 2. The van der Waals surface area contributed by atoms with Crippen LogP contribution in [-0.4, -0.2) is 19.0 Å². The molecule has 0 saturated carbocycles. The van der Waals surface area contributed by atoms with Gasteiger partial charge in [-0.05, 0) is 59.0 Å². The molecule has 4 nitrogen and oxygen atoms in total. The van der Waals surface area contributed by atoms with Crippen molar-refractivity contribution in [1.82, 2.24) is 0 Å². The standard InChI is InChI=1S/C19H20BrF2N3O/c1-11-3-2-6-25(10-11)17-5-4-13(23)9-14(17)19(26)24-18-15(20)7-12(21)8-16(18)22/h4-5,7-9,11H,2-3,6,10,23H2,1H3,(H,24,26)/t11-/m1/s1. The molecule has 1 atom stereocenters. The monoisotopic (exact) mass is 423 g/mol. The summed E-state index contributed by atoms with van der Waals surface area (Å²) in [4.78, 5) is 15.0. The van der Waals surface area contributed by atoms with Crippen molar-refractivity contribution in [3.63, 3.8) is 0 Å². The molecule has 0 spiro atoms. The number of piperidine rings is 1. The first kappa shape index (κ1) is 18.6. The molecule has 1 fully saturated rings. The normalized spacial score (nSPS) is 17.2. The van der Waals surface area contributed by atoms with Gasteiger partial charge in [-0.2, -0.15) is 0 Å². The summed E-state index contributed by atoms with van der Waals surface area (Å²) in [5.74, 6) is -1.53. The predicted octanol–water partition coefficient (Wildman–Crippen LogP) is 4.80. The van der Waals surface area contributed by atoms with Crippen molar-refractivity contribution in [3.8, 4) is 0 Å². The van der Waals surface area contributed by atoms with Gasteiger partial charge in [0.1, 0.15) is 5.82 Å². The second-order valence-electron chi connectivity index (χ2n) is 6.67. The van der Waals surface area contributed by atoms with Crippen molar-refractivity contribution in [2.45, 2.75) is 19.8 Å². The van der Waals surface area contributed by atoms with Crippen LogP contribution in [-0.2, 0) is 0 Å². The molecular weight excluding hydrogens is 404 g/mol. The van der Waals surface area contributed by atoms with Crippen LogP contribution in [0.5, 0.6) is 0 Å². The summed E-state index contributed by atoms with van der Waals surface area (Å²) in [5.41, 5.74) is 7.35. The molecular formula is C19H20BrF2N3O. The van der Waals surface area contributed by atoms with Crippen LogP contribution in [0.15, 0.2) is 34.8 Å². The highest BCUT2D eigenvalue weighted by Crippen LogP contribution is 2.31. The van der Waals surface area contributed by atoms with Gasteiger partial charge in [-0.1, -0.05) is 6.92 Å². The lowest BCUT2D eigenvalue weighted by Gasteiger charge is -2.34. The Labute approximate surface area is 159 Å². The van der Waals surface area contributed by atoms with E-state index in [9.17, 15) is 13.6 Å². The lowest BCUT2D eigenvalue weighted by molar-refractivity contribution is 0.102. The molecule has 1 saturated heterocycles. The number of hydrogen-bond acceptors (Lipinski definition) is 3. The maximum absolute atomic E-state index is 14.1. The third kappa shape index (κ3) is 3.98. The van der Waals surface area contributed by atoms with E-state index in [1.165, 1.54) is 0 Å². The quantitative estimate of drug-likeness (QED) is 0.697. The van der Waals surface area contributed by atoms with Gasteiger partial charge in [0.25, 0.3) is 5.91 Å². The third-order valence-corrected chi connectivity index (χ3v) is 5.13. The lowest BCUT2D eigenvalue weighted by atomic mass is 9.98. The van der Waals surface area contributed by atoms with Gasteiger partial charge >= 0.3 is 0 Å². The Morgan fingerprint density at radius 2 is 2.08 bits per heavy atom. The van der Waals surface area contributed by atoms with E-state index < -0.39 is 17.5 Å². The molecule has 2 aromatic rings.